The molecular formula is C22H28N4O4. The molecule has 2 aromatic heterocycles. The molecule has 0 radical (unpaired) electrons. The first-order valence-corrected chi connectivity index (χ1v) is 10.4. The molecule has 1 N–H and O–H groups in total. The Bertz CT molecular complexity index is 1100. The highest BCUT2D eigenvalue weighted by Gasteiger charge is 2.24. The van der Waals surface area contributed by atoms with Crippen LogP contribution in [-0.4, -0.2) is 51.8 Å². The van der Waals surface area contributed by atoms with Gasteiger partial charge in [-0.05, 0) is 45.7 Å². The fourth-order valence-corrected chi connectivity index (χ4v) is 3.97. The zero-order valence-electron chi connectivity index (χ0n) is 17.7. The fraction of sp³-hybridized carbons (Fsp3) is 0.500. The standard InChI is InChI=1S/C22H28N4O4/c1-22(2,3)30-21(28)24-15-8-10-25(11-9-15)12-13-26-17-7-5-4-6-16(17)19-18(20(26)27)23-14-29-19/h4-7,14-15H,8-13H2,1-3H3,(H,24,28). The Hall–Kier alpha value is -2.87. The molecule has 160 valence electrons. The van der Waals surface area contributed by atoms with Gasteiger partial charge in [-0.2, -0.15) is 0 Å². The van der Waals surface area contributed by atoms with Gasteiger partial charge in [-0.15, -0.1) is 0 Å². The number of hydrogen-bond acceptors (Lipinski definition) is 6. The van der Waals surface area contributed by atoms with E-state index < -0.39 is 5.60 Å². The largest absolute Gasteiger partial charge is 0.444 e. The van der Waals surface area contributed by atoms with E-state index in [1.54, 1.807) is 4.57 Å². The topological polar surface area (TPSA) is 89.6 Å². The van der Waals surface area contributed by atoms with Crippen molar-refractivity contribution in [2.45, 2.75) is 51.8 Å². The Morgan fingerprint density at radius 1 is 1.23 bits per heavy atom. The van der Waals surface area contributed by atoms with Gasteiger partial charge in [0.05, 0.1) is 5.52 Å². The summed E-state index contributed by atoms with van der Waals surface area (Å²) < 4.78 is 12.6. The van der Waals surface area contributed by atoms with E-state index in [2.05, 4.69) is 15.2 Å². The number of alkyl carbamates (subject to hydrolysis) is 1. The van der Waals surface area contributed by atoms with E-state index in [0.717, 1.165) is 43.4 Å². The Kier molecular flexibility index (Phi) is 5.51. The zero-order valence-corrected chi connectivity index (χ0v) is 17.7. The van der Waals surface area contributed by atoms with Gasteiger partial charge in [0.2, 0.25) is 0 Å². The van der Waals surface area contributed by atoms with E-state index >= 15 is 0 Å². The molecule has 0 bridgehead atoms. The smallest absolute Gasteiger partial charge is 0.407 e. The molecule has 1 aliphatic rings. The van der Waals surface area contributed by atoms with Gasteiger partial charge < -0.3 is 23.9 Å². The van der Waals surface area contributed by atoms with Crippen LogP contribution in [0.3, 0.4) is 0 Å². The summed E-state index contributed by atoms with van der Waals surface area (Å²) in [6, 6.07) is 7.86. The summed E-state index contributed by atoms with van der Waals surface area (Å²) in [6.45, 7) is 8.63. The van der Waals surface area contributed by atoms with Crippen LogP contribution in [0.2, 0.25) is 0 Å². The molecule has 8 nitrogen and oxygen atoms in total. The van der Waals surface area contributed by atoms with Crippen molar-refractivity contribution >= 4 is 28.1 Å². The number of nitrogens with zero attached hydrogens (tertiary/aromatic N) is 3. The number of aromatic nitrogens is 2. The number of hydrogen-bond donors (Lipinski definition) is 1. The minimum atomic E-state index is -0.494. The highest BCUT2D eigenvalue weighted by Crippen LogP contribution is 2.22. The van der Waals surface area contributed by atoms with E-state index in [9.17, 15) is 9.59 Å². The van der Waals surface area contributed by atoms with Crippen LogP contribution >= 0.6 is 0 Å². The fourth-order valence-electron chi connectivity index (χ4n) is 3.97. The maximum atomic E-state index is 12.9. The summed E-state index contributed by atoms with van der Waals surface area (Å²) in [5.41, 5.74) is 1.15. The minimum absolute atomic E-state index is 0.117. The van der Waals surface area contributed by atoms with Crippen LogP contribution in [0.1, 0.15) is 33.6 Å². The third-order valence-electron chi connectivity index (χ3n) is 5.40. The summed E-state index contributed by atoms with van der Waals surface area (Å²) in [5, 5.41) is 3.85. The molecule has 3 heterocycles. The van der Waals surface area contributed by atoms with Gasteiger partial charge in [0.15, 0.2) is 17.5 Å². The molecule has 3 aromatic rings. The number of carbonyl (C=O) groups is 1. The average molecular weight is 412 g/mol. The highest BCUT2D eigenvalue weighted by atomic mass is 16.6. The molecule has 0 atom stereocenters. The number of nitrogens with one attached hydrogen (secondary N) is 1. The van der Waals surface area contributed by atoms with Crippen molar-refractivity contribution in [1.82, 2.24) is 19.8 Å². The summed E-state index contributed by atoms with van der Waals surface area (Å²) in [6.07, 6.45) is 2.68. The molecule has 1 fully saturated rings. The number of oxazole rings is 1. The first kappa shape index (κ1) is 20.4. The monoisotopic (exact) mass is 412 g/mol. The molecule has 1 amide bonds. The molecule has 30 heavy (non-hydrogen) atoms. The van der Waals surface area contributed by atoms with Crippen molar-refractivity contribution in [1.29, 1.82) is 0 Å². The van der Waals surface area contributed by atoms with Gasteiger partial charge in [-0.3, -0.25) is 4.79 Å². The highest BCUT2D eigenvalue weighted by molar-refractivity contribution is 6.00. The van der Waals surface area contributed by atoms with Gasteiger partial charge in [0.1, 0.15) is 5.60 Å². The third-order valence-corrected chi connectivity index (χ3v) is 5.40. The number of carbonyl (C=O) groups excluding carboxylic acids is 1. The normalized spacial score (nSPS) is 16.2. The summed E-state index contributed by atoms with van der Waals surface area (Å²) >= 11 is 0. The second-order valence-electron chi connectivity index (χ2n) is 8.77. The lowest BCUT2D eigenvalue weighted by atomic mass is 10.1. The zero-order chi connectivity index (χ0) is 21.3. The minimum Gasteiger partial charge on any atom is -0.444 e. The lowest BCUT2D eigenvalue weighted by Gasteiger charge is -2.33. The van der Waals surface area contributed by atoms with Crippen molar-refractivity contribution < 1.29 is 13.9 Å². The number of benzene rings is 1. The molecule has 1 aromatic carbocycles. The van der Waals surface area contributed by atoms with E-state index in [1.165, 1.54) is 6.39 Å². The van der Waals surface area contributed by atoms with Crippen molar-refractivity contribution in [3.8, 4) is 0 Å². The lowest BCUT2D eigenvalue weighted by Crippen LogP contribution is -2.46. The number of para-hydroxylation sites is 1. The molecule has 1 aliphatic heterocycles. The number of likely N-dealkylation sites (tertiary alicyclic amines) is 1. The first-order chi connectivity index (χ1) is 14.3. The van der Waals surface area contributed by atoms with Crippen molar-refractivity contribution in [3.05, 3.63) is 41.0 Å². The molecular weight excluding hydrogens is 384 g/mol. The lowest BCUT2D eigenvalue weighted by molar-refractivity contribution is 0.0478. The Balaban J connectivity index is 1.39. The second-order valence-corrected chi connectivity index (χ2v) is 8.77. The van der Waals surface area contributed by atoms with E-state index in [1.807, 2.05) is 45.0 Å². The number of rotatable bonds is 4. The first-order valence-electron chi connectivity index (χ1n) is 10.4. The van der Waals surface area contributed by atoms with Crippen molar-refractivity contribution in [2.24, 2.45) is 0 Å². The Morgan fingerprint density at radius 2 is 1.97 bits per heavy atom. The molecule has 0 saturated carbocycles. The van der Waals surface area contributed by atoms with E-state index in [0.29, 0.717) is 17.6 Å². The predicted octanol–water partition coefficient (Wildman–Crippen LogP) is 3.13. The van der Waals surface area contributed by atoms with Gasteiger partial charge in [-0.25, -0.2) is 9.78 Å². The predicted molar refractivity (Wildman–Crippen MR) is 115 cm³/mol. The van der Waals surface area contributed by atoms with Crippen LogP contribution in [0, 0.1) is 0 Å². The van der Waals surface area contributed by atoms with Crippen LogP contribution in [0.15, 0.2) is 39.9 Å². The molecule has 1 saturated heterocycles. The SMILES string of the molecule is CC(C)(C)OC(=O)NC1CCN(CCn2c(=O)c3ncoc3c3ccccc32)CC1. The summed E-state index contributed by atoms with van der Waals surface area (Å²) in [5.74, 6) is 0. The van der Waals surface area contributed by atoms with Crippen molar-refractivity contribution in [2.75, 3.05) is 19.6 Å². The summed E-state index contributed by atoms with van der Waals surface area (Å²) in [7, 11) is 0. The van der Waals surface area contributed by atoms with Crippen LogP contribution < -0.4 is 10.9 Å². The molecule has 0 aliphatic carbocycles. The van der Waals surface area contributed by atoms with Crippen LogP contribution in [0.5, 0.6) is 0 Å². The maximum Gasteiger partial charge on any atom is 0.407 e. The van der Waals surface area contributed by atoms with Gasteiger partial charge in [0.25, 0.3) is 5.56 Å². The van der Waals surface area contributed by atoms with Crippen LogP contribution in [-0.2, 0) is 11.3 Å². The van der Waals surface area contributed by atoms with Gasteiger partial charge in [0, 0.05) is 37.6 Å². The van der Waals surface area contributed by atoms with Gasteiger partial charge >= 0.3 is 6.09 Å². The number of ether oxygens (including phenoxy) is 1. The Morgan fingerprint density at radius 3 is 2.70 bits per heavy atom. The third kappa shape index (κ3) is 4.33. The van der Waals surface area contributed by atoms with E-state index in [4.69, 9.17) is 9.15 Å². The number of amides is 1. The number of fused-ring (bicyclic) bond motifs is 3. The maximum absolute atomic E-state index is 12.9. The number of piperidine rings is 1. The molecule has 4 rings (SSSR count). The number of pyridine rings is 1. The quantitative estimate of drug-likeness (QED) is 0.708. The Labute approximate surface area is 174 Å². The van der Waals surface area contributed by atoms with Crippen molar-refractivity contribution in [3.63, 3.8) is 0 Å². The molecule has 0 spiro atoms. The molecule has 8 heteroatoms. The summed E-state index contributed by atoms with van der Waals surface area (Å²) in [4.78, 5) is 31.3. The van der Waals surface area contributed by atoms with E-state index in [-0.39, 0.29) is 17.7 Å². The molecule has 0 unspecified atom stereocenters. The van der Waals surface area contributed by atoms with Crippen LogP contribution in [0.4, 0.5) is 4.79 Å². The second kappa shape index (κ2) is 8.10. The average Bonchev–Trinajstić information content (AvgIpc) is 3.18. The van der Waals surface area contributed by atoms with Crippen LogP contribution in [0.25, 0.3) is 22.0 Å². The van der Waals surface area contributed by atoms with Gasteiger partial charge in [-0.1, -0.05) is 12.1 Å².